The van der Waals surface area contributed by atoms with Crippen LogP contribution in [-0.2, 0) is 27.3 Å². The highest BCUT2D eigenvalue weighted by Crippen LogP contribution is 2.62. The first-order valence-electron chi connectivity index (χ1n) is 12.4. The van der Waals surface area contributed by atoms with Gasteiger partial charge in [0.2, 0.25) is 0 Å². The third-order valence-corrected chi connectivity index (χ3v) is 8.88. The molecule has 0 aliphatic heterocycles. The van der Waals surface area contributed by atoms with E-state index in [2.05, 4.69) is 20.4 Å². The van der Waals surface area contributed by atoms with E-state index in [9.17, 15) is 9.59 Å². The molecular weight excluding hydrogens is 464 g/mol. The number of benzene rings is 1. The third-order valence-electron chi connectivity index (χ3n) is 8.63. The Kier molecular flexibility index (Phi) is 7.46. The van der Waals surface area contributed by atoms with Gasteiger partial charge in [0.15, 0.2) is 0 Å². The van der Waals surface area contributed by atoms with Crippen LogP contribution in [-0.4, -0.2) is 19.0 Å². The quantitative estimate of drug-likeness (QED) is 0.299. The Morgan fingerprint density at radius 3 is 2.63 bits per heavy atom. The summed E-state index contributed by atoms with van der Waals surface area (Å²) in [6.07, 6.45) is 8.26. The Bertz CT molecular complexity index is 1090. The molecule has 5 nitrogen and oxygen atoms in total. The van der Waals surface area contributed by atoms with Crippen LogP contribution < -0.4 is 0 Å². The van der Waals surface area contributed by atoms with Gasteiger partial charge in [-0.1, -0.05) is 37.1 Å². The smallest absolute Gasteiger partial charge is 0.338 e. The molecule has 0 unspecified atom stereocenters. The minimum absolute atomic E-state index is 0.00146. The molecule has 0 spiro atoms. The van der Waals surface area contributed by atoms with E-state index in [1.165, 1.54) is 12.7 Å². The fraction of sp³-hybridized carbons (Fsp3) is 0.517. The minimum atomic E-state index is -0.447. The van der Waals surface area contributed by atoms with E-state index in [0.29, 0.717) is 22.3 Å². The van der Waals surface area contributed by atoms with Crippen LogP contribution in [0.3, 0.4) is 0 Å². The highest BCUT2D eigenvalue weighted by atomic mass is 35.5. The van der Waals surface area contributed by atoms with Crippen molar-refractivity contribution >= 4 is 23.5 Å². The number of esters is 2. The van der Waals surface area contributed by atoms with Crippen LogP contribution in [0.2, 0.25) is 5.02 Å². The fourth-order valence-corrected chi connectivity index (χ4v) is 6.90. The van der Waals surface area contributed by atoms with Gasteiger partial charge in [0, 0.05) is 5.02 Å². The highest BCUT2D eigenvalue weighted by molar-refractivity contribution is 6.30. The maximum atomic E-state index is 12.8. The van der Waals surface area contributed by atoms with Gasteiger partial charge in [0.25, 0.3) is 0 Å². The van der Waals surface area contributed by atoms with Crippen LogP contribution in [0.5, 0.6) is 0 Å². The number of hydrogen-bond donors (Lipinski definition) is 0. The monoisotopic (exact) mass is 498 g/mol. The molecule has 2 aliphatic rings. The van der Waals surface area contributed by atoms with E-state index in [4.69, 9.17) is 25.5 Å². The van der Waals surface area contributed by atoms with Crippen LogP contribution in [0.1, 0.15) is 74.1 Å². The topological polar surface area (TPSA) is 65.7 Å². The van der Waals surface area contributed by atoms with Crippen molar-refractivity contribution in [1.82, 2.24) is 0 Å². The van der Waals surface area contributed by atoms with Gasteiger partial charge in [-0.25, -0.2) is 4.79 Å². The summed E-state index contributed by atoms with van der Waals surface area (Å²) in [5.74, 6) is 0.753. The van der Waals surface area contributed by atoms with Crippen molar-refractivity contribution in [2.75, 3.05) is 7.11 Å². The van der Waals surface area contributed by atoms with Crippen molar-refractivity contribution < 1.29 is 23.5 Å². The zero-order valence-corrected chi connectivity index (χ0v) is 21.7. The molecule has 0 amide bonds. The van der Waals surface area contributed by atoms with E-state index < -0.39 is 11.4 Å². The molecule has 2 fully saturated rings. The number of aryl methyl sites for hydroxylation is 1. The Labute approximate surface area is 212 Å². The van der Waals surface area contributed by atoms with Gasteiger partial charge in [-0.05, 0) is 98.6 Å². The number of methoxy groups -OCH3 is 1. The van der Waals surface area contributed by atoms with Crippen LogP contribution >= 0.6 is 11.6 Å². The molecule has 35 heavy (non-hydrogen) atoms. The van der Waals surface area contributed by atoms with Gasteiger partial charge in [0.1, 0.15) is 12.4 Å². The molecular formula is C29H35ClO5. The lowest BCUT2D eigenvalue weighted by Crippen LogP contribution is -2.53. The summed E-state index contributed by atoms with van der Waals surface area (Å²) in [6.45, 7) is 8.96. The minimum Gasteiger partial charge on any atom is -0.469 e. The maximum Gasteiger partial charge on any atom is 0.338 e. The molecule has 188 valence electrons. The van der Waals surface area contributed by atoms with Gasteiger partial charge in [-0.3, -0.25) is 4.79 Å². The number of halogens is 1. The average Bonchev–Trinajstić information content (AvgIpc) is 3.29. The van der Waals surface area contributed by atoms with Gasteiger partial charge >= 0.3 is 11.9 Å². The number of ether oxygens (including phenoxy) is 2. The molecule has 1 aromatic heterocycles. The number of rotatable bonds is 7. The molecule has 0 bridgehead atoms. The molecule has 0 N–H and O–H groups in total. The molecule has 4 rings (SSSR count). The summed E-state index contributed by atoms with van der Waals surface area (Å²) in [5.41, 5.74) is 2.32. The van der Waals surface area contributed by atoms with Crippen molar-refractivity contribution in [3.05, 3.63) is 70.7 Å². The van der Waals surface area contributed by atoms with Crippen LogP contribution in [0.25, 0.3) is 0 Å². The summed E-state index contributed by atoms with van der Waals surface area (Å²) in [6, 6.07) is 8.57. The van der Waals surface area contributed by atoms with Crippen molar-refractivity contribution in [2.45, 2.75) is 65.4 Å². The van der Waals surface area contributed by atoms with Crippen molar-refractivity contribution in [3.8, 4) is 0 Å². The second-order valence-electron chi connectivity index (χ2n) is 10.6. The number of furan rings is 1. The Balaban J connectivity index is 1.44. The molecule has 0 saturated heterocycles. The second-order valence-corrected chi connectivity index (χ2v) is 11.0. The number of hydrogen-bond acceptors (Lipinski definition) is 5. The Hall–Kier alpha value is -2.53. The molecule has 2 aromatic rings. The van der Waals surface area contributed by atoms with E-state index >= 15 is 0 Å². The number of fused-ring (bicyclic) bond motifs is 1. The average molecular weight is 499 g/mol. The lowest BCUT2D eigenvalue weighted by Gasteiger charge is -2.57. The van der Waals surface area contributed by atoms with Crippen molar-refractivity contribution in [2.24, 2.45) is 22.7 Å². The Morgan fingerprint density at radius 2 is 1.91 bits per heavy atom. The summed E-state index contributed by atoms with van der Waals surface area (Å²) in [4.78, 5) is 25.2. The zero-order chi connectivity index (χ0) is 25.2. The zero-order valence-electron chi connectivity index (χ0n) is 20.9. The first kappa shape index (κ1) is 25.6. The fourth-order valence-electron chi connectivity index (χ4n) is 6.78. The number of carbonyl (C=O) groups excluding carboxylic acids is 2. The molecule has 2 saturated carbocycles. The molecule has 1 aromatic carbocycles. The first-order valence-corrected chi connectivity index (χ1v) is 12.8. The molecule has 1 heterocycles. The largest absolute Gasteiger partial charge is 0.469 e. The lowest BCUT2D eigenvalue weighted by atomic mass is 9.46. The number of carbonyl (C=O) groups is 2. The standard InChI is InChI=1S/C29H35ClO5/c1-19-6-13-25-28(2,15-5-16-29(25,3)27(32)33-4)23(19)12-9-20-14-17-34-24(20)18-35-26(31)21-7-10-22(30)11-8-21/h7-8,10-11,14,17,23,25H,1,5-6,9,12-13,15-16,18H2,2-4H3/t23-,25+,28+,29+/m0/s1. The van der Waals surface area contributed by atoms with Gasteiger partial charge in [-0.2, -0.15) is 0 Å². The summed E-state index contributed by atoms with van der Waals surface area (Å²) in [5, 5.41) is 0.569. The van der Waals surface area contributed by atoms with E-state index in [0.717, 1.165) is 50.5 Å². The Morgan fingerprint density at radius 1 is 1.17 bits per heavy atom. The van der Waals surface area contributed by atoms with Crippen molar-refractivity contribution in [3.63, 3.8) is 0 Å². The predicted molar refractivity (Wildman–Crippen MR) is 135 cm³/mol. The van der Waals surface area contributed by atoms with Gasteiger partial charge in [-0.15, -0.1) is 0 Å². The third kappa shape index (κ3) is 4.93. The van der Waals surface area contributed by atoms with Gasteiger partial charge in [0.05, 0.1) is 24.4 Å². The predicted octanol–water partition coefficient (Wildman–Crippen LogP) is 7.17. The first-order chi connectivity index (χ1) is 16.7. The van der Waals surface area contributed by atoms with E-state index in [1.54, 1.807) is 30.5 Å². The van der Waals surface area contributed by atoms with Crippen LogP contribution in [0.15, 0.2) is 53.2 Å². The van der Waals surface area contributed by atoms with Crippen LogP contribution in [0, 0.1) is 22.7 Å². The highest BCUT2D eigenvalue weighted by Gasteiger charge is 2.57. The van der Waals surface area contributed by atoms with Crippen molar-refractivity contribution in [1.29, 1.82) is 0 Å². The van der Waals surface area contributed by atoms with Crippen LogP contribution in [0.4, 0.5) is 0 Å². The molecule has 0 radical (unpaired) electrons. The summed E-state index contributed by atoms with van der Waals surface area (Å²) in [7, 11) is 1.50. The molecule has 4 atom stereocenters. The summed E-state index contributed by atoms with van der Waals surface area (Å²) >= 11 is 5.90. The van der Waals surface area contributed by atoms with E-state index in [-0.39, 0.29) is 23.9 Å². The number of allylic oxidation sites excluding steroid dienone is 1. The molecule has 2 aliphatic carbocycles. The second kappa shape index (κ2) is 10.2. The normalized spacial score (nSPS) is 28.3. The lowest BCUT2D eigenvalue weighted by molar-refractivity contribution is -0.168. The SMILES string of the molecule is C=C1CC[C@@H]2[C@](C)(CCC[C@@]2(C)C(=O)OC)[C@H]1CCc1ccoc1COC(=O)c1ccc(Cl)cc1. The summed E-state index contributed by atoms with van der Waals surface area (Å²) < 4.78 is 16.4. The maximum absolute atomic E-state index is 12.8. The van der Waals surface area contributed by atoms with Gasteiger partial charge < -0.3 is 13.9 Å². The molecule has 6 heteroatoms. The van der Waals surface area contributed by atoms with E-state index in [1.807, 2.05) is 6.07 Å².